The molecule has 2 aliphatic rings. The molecule has 0 unspecified atom stereocenters. The first-order chi connectivity index (χ1) is 34.6. The van der Waals surface area contributed by atoms with E-state index in [0.29, 0.717) is 117 Å². The number of quaternary nitrogens is 2. The predicted molar refractivity (Wildman–Crippen MR) is 266 cm³/mol. The van der Waals surface area contributed by atoms with Crippen LogP contribution >= 0.6 is 0 Å². The number of carbonyl (C=O) groups excluding carboxylic acids is 2. The van der Waals surface area contributed by atoms with Crippen molar-refractivity contribution in [1.29, 1.82) is 0 Å². The molecule has 0 fully saturated rings. The molecule has 0 radical (unpaired) electrons. The molecule has 4 aromatic carbocycles. The van der Waals surface area contributed by atoms with Gasteiger partial charge in [-0.25, -0.2) is 9.59 Å². The Hall–Kier alpha value is -6.21. The van der Waals surface area contributed by atoms with Gasteiger partial charge in [-0.3, -0.25) is 0 Å². The number of carbonyl (C=O) groups is 2. The molecule has 6 rings (SSSR count). The molecule has 2 aliphatic heterocycles. The number of hydrogen-bond donors (Lipinski definition) is 0. The van der Waals surface area contributed by atoms with Gasteiger partial charge in [0.15, 0.2) is 46.0 Å². The maximum Gasteiger partial charge on any atom is 0.367 e. The second kappa shape index (κ2) is 26.8. The highest BCUT2D eigenvalue weighted by molar-refractivity contribution is 5.94. The molecule has 74 heavy (non-hydrogen) atoms. The molecule has 0 bridgehead atoms. The van der Waals surface area contributed by atoms with E-state index in [1.165, 1.54) is 0 Å². The van der Waals surface area contributed by atoms with Crippen LogP contribution in [0.25, 0.3) is 0 Å². The Morgan fingerprint density at radius 1 is 0.541 bits per heavy atom. The van der Waals surface area contributed by atoms with E-state index in [4.69, 9.17) is 61.6 Å². The second-order valence-corrected chi connectivity index (χ2v) is 18.1. The summed E-state index contributed by atoms with van der Waals surface area (Å²) in [6.07, 6.45) is 3.30. The van der Waals surface area contributed by atoms with Crippen molar-refractivity contribution < 1.29 is 109 Å². The topological polar surface area (TPSA) is 154 Å². The molecule has 2 heterocycles. The zero-order valence-corrected chi connectivity index (χ0v) is 46.2. The van der Waals surface area contributed by atoms with Gasteiger partial charge in [-0.2, -0.15) is 4.39 Å². The first kappa shape index (κ1) is 60.3. The zero-order chi connectivity index (χ0) is 52.3. The van der Waals surface area contributed by atoms with Gasteiger partial charge in [-0.05, 0) is 59.2 Å². The Morgan fingerprint density at radius 3 is 1.51 bits per heavy atom. The van der Waals surface area contributed by atoms with Crippen LogP contribution in [-0.4, -0.2) is 153 Å². The molecule has 0 aromatic heterocycles. The molecule has 4 atom stereocenters. The molecule has 17 nitrogen and oxygen atoms in total. The minimum Gasteiger partial charge on any atom is -1.00 e. The number of ether oxygens (including phenoxy) is 13. The summed E-state index contributed by atoms with van der Waals surface area (Å²) in [6.45, 7) is 2.44. The number of fused-ring (bicyclic) bond motifs is 2. The highest BCUT2D eigenvalue weighted by Crippen LogP contribution is 2.52. The first-order valence-corrected chi connectivity index (χ1v) is 23.7. The lowest BCUT2D eigenvalue weighted by molar-refractivity contribution is -0.941. The normalized spacial score (nSPS) is 18.6. The molecule has 4 aromatic rings. The fourth-order valence-corrected chi connectivity index (χ4v) is 10.5. The van der Waals surface area contributed by atoms with Gasteiger partial charge in [0.2, 0.25) is 23.1 Å². The lowest BCUT2D eigenvalue weighted by atomic mass is 9.85. The van der Waals surface area contributed by atoms with Gasteiger partial charge in [0, 0.05) is 43.2 Å². The highest BCUT2D eigenvalue weighted by atomic mass is 35.5. The third kappa shape index (κ3) is 12.6. The smallest absolute Gasteiger partial charge is 0.367 e. The van der Waals surface area contributed by atoms with Crippen molar-refractivity contribution in [1.82, 2.24) is 0 Å². The van der Waals surface area contributed by atoms with E-state index in [0.717, 1.165) is 52.9 Å². The third-order valence-electron chi connectivity index (χ3n) is 14.1. The van der Waals surface area contributed by atoms with Gasteiger partial charge in [-0.15, -0.1) is 0 Å². The van der Waals surface area contributed by atoms with Crippen molar-refractivity contribution in [3.63, 3.8) is 0 Å². The molecular weight excluding hydrogens is 1010 g/mol. The van der Waals surface area contributed by atoms with E-state index < -0.39 is 17.8 Å². The second-order valence-electron chi connectivity index (χ2n) is 18.1. The summed E-state index contributed by atoms with van der Waals surface area (Å²) in [4.78, 5) is 25.9. The molecule has 0 saturated heterocycles. The van der Waals surface area contributed by atoms with Crippen molar-refractivity contribution in [2.24, 2.45) is 0 Å². The molecule has 0 N–H and O–H groups in total. The zero-order valence-electron chi connectivity index (χ0n) is 44.7. The number of halogens is 3. The number of nitrogens with zero attached hydrogens (tertiary/aromatic N) is 2. The van der Waals surface area contributed by atoms with Crippen LogP contribution in [0, 0.1) is 0 Å². The van der Waals surface area contributed by atoms with Crippen LogP contribution in [0.1, 0.15) is 58.3 Å². The van der Waals surface area contributed by atoms with Gasteiger partial charge >= 0.3 is 11.9 Å². The van der Waals surface area contributed by atoms with Gasteiger partial charge < -0.3 is 95.4 Å². The monoisotopic (exact) mass is 1080 g/mol. The molecule has 0 saturated carbocycles. The van der Waals surface area contributed by atoms with Crippen LogP contribution < -0.4 is 76.9 Å². The number of benzene rings is 4. The van der Waals surface area contributed by atoms with Gasteiger partial charge in [-0.1, -0.05) is 0 Å². The summed E-state index contributed by atoms with van der Waals surface area (Å²) < 4.78 is 90.2. The Bertz CT molecular complexity index is 2570. The van der Waals surface area contributed by atoms with Crippen LogP contribution in [0.3, 0.4) is 0 Å². The minimum atomic E-state index is -1.35. The van der Waals surface area contributed by atoms with Crippen molar-refractivity contribution in [3.05, 3.63) is 87.7 Å². The number of hydrogen-bond acceptors (Lipinski definition) is 15. The van der Waals surface area contributed by atoms with Crippen LogP contribution in [-0.2, 0) is 38.3 Å². The largest absolute Gasteiger partial charge is 1.00 e. The quantitative estimate of drug-likeness (QED) is 0.0432. The third-order valence-corrected chi connectivity index (χ3v) is 14.1. The summed E-state index contributed by atoms with van der Waals surface area (Å²) in [5.74, 6) is 2.25. The van der Waals surface area contributed by atoms with E-state index in [2.05, 4.69) is 14.1 Å². The van der Waals surface area contributed by atoms with E-state index in [-0.39, 0.29) is 50.1 Å². The lowest BCUT2D eigenvalue weighted by Crippen LogP contribution is -3.00. The average Bonchev–Trinajstić information content (AvgIpc) is 3.39. The predicted octanol–water partition coefficient (Wildman–Crippen LogP) is 1.59. The van der Waals surface area contributed by atoms with Gasteiger partial charge in [0.05, 0.1) is 143 Å². The maximum absolute atomic E-state index is 15.3. The summed E-state index contributed by atoms with van der Waals surface area (Å²) >= 11 is 0. The van der Waals surface area contributed by atoms with Crippen molar-refractivity contribution >= 4 is 11.9 Å². The van der Waals surface area contributed by atoms with Crippen molar-refractivity contribution in [2.45, 2.75) is 44.2 Å². The number of methoxy groups -OCH3 is 11. The summed E-state index contributed by atoms with van der Waals surface area (Å²) in [7, 11) is 21.7. The van der Waals surface area contributed by atoms with Crippen LogP contribution in [0.15, 0.2) is 54.4 Å². The minimum absolute atomic E-state index is 0. The highest BCUT2D eigenvalue weighted by Gasteiger charge is 2.44. The fourth-order valence-electron chi connectivity index (χ4n) is 10.5. The standard InChI is InChI=1S/C54H71FN2O15.2ClH/c1-56(20-17-35-28-46(66-9)52(69-12)53(70-13)48(35)39(56)24-33-25-42(62-5)50(67-10)43(26-33)63-6)18-14-23-72-54(59)38(55)32-47(58)71-22-15-19-57(2)21-16-34-27-40(60-3)41(61-4)31-37(34)49(57)36-29-44(64-7)51(68-11)45(30-36)65-8;;/h25-32,39,49H,14-24H2,1-13H3;2*1H/q+2;;/p-2/b38-32-;;/t39-,49+,56-,57+;;/m1../s1. The number of rotatable bonds is 24. The fraction of sp³-hybridized carbons (Fsp3) is 0.481. The summed E-state index contributed by atoms with van der Waals surface area (Å²) in [6, 6.07) is 13.3. The van der Waals surface area contributed by atoms with Gasteiger partial charge in [0.1, 0.15) is 12.1 Å². The van der Waals surface area contributed by atoms with E-state index >= 15 is 4.39 Å². The van der Waals surface area contributed by atoms with Gasteiger partial charge in [0.25, 0.3) is 0 Å². The molecule has 0 aliphatic carbocycles. The van der Waals surface area contributed by atoms with Crippen molar-refractivity contribution in [3.8, 4) is 63.2 Å². The molecular formula is C54H71Cl2FN2O15. The number of likely N-dealkylation sites (N-methyl/N-ethyl adjacent to an activating group) is 2. The molecule has 0 spiro atoms. The average molecular weight is 1080 g/mol. The number of esters is 2. The van der Waals surface area contributed by atoms with E-state index in [1.54, 1.807) is 78.2 Å². The van der Waals surface area contributed by atoms with E-state index in [9.17, 15) is 9.59 Å². The Labute approximate surface area is 446 Å². The molecule has 20 heteroatoms. The van der Waals surface area contributed by atoms with Crippen LogP contribution in [0.2, 0.25) is 0 Å². The maximum atomic E-state index is 15.3. The Kier molecular flexibility index (Phi) is 21.9. The lowest BCUT2D eigenvalue weighted by Gasteiger charge is -2.46. The SMILES string of the molecule is COc1cc2c(cc1OC)[C@H](c1cc(OC)c(OC)c(OC)c1)[N@@+](C)(CCCOC(=O)/C=C(\F)C(=O)OCCC[N@+]1(C)CCc3cc(OC)c(OC)c(OC)c3[C@H]1Cc1cc(OC)c(OC)c(OC)c1)CC2.[Cl-].[Cl-]. The van der Waals surface area contributed by atoms with Crippen molar-refractivity contribution in [2.75, 3.05) is 132 Å². The molecule has 0 amide bonds. The van der Waals surface area contributed by atoms with E-state index in [1.807, 2.05) is 42.5 Å². The molecule has 408 valence electrons. The summed E-state index contributed by atoms with van der Waals surface area (Å²) in [5.41, 5.74) is 5.98. The Balaban J connectivity index is 0.00000593. The van der Waals surface area contributed by atoms with Crippen LogP contribution in [0.5, 0.6) is 63.2 Å². The Morgan fingerprint density at radius 2 is 0.986 bits per heavy atom. The first-order valence-electron chi connectivity index (χ1n) is 23.7. The summed E-state index contributed by atoms with van der Waals surface area (Å²) in [5, 5.41) is 0. The van der Waals surface area contributed by atoms with Crippen LogP contribution in [0.4, 0.5) is 4.39 Å².